The number of pyridine rings is 1. The number of hydrogen-bond donors (Lipinski definition) is 3. The van der Waals surface area contributed by atoms with E-state index in [1.165, 1.54) is 5.56 Å². The fourth-order valence-electron chi connectivity index (χ4n) is 5.25. The molecule has 0 radical (unpaired) electrons. The van der Waals surface area contributed by atoms with Crippen LogP contribution in [0.4, 0.5) is 11.4 Å². The van der Waals surface area contributed by atoms with Crippen LogP contribution in [0.25, 0.3) is 11.3 Å². The molecule has 7 heteroatoms. The molecule has 1 aromatic heterocycles. The molecule has 5 rings (SSSR count). The van der Waals surface area contributed by atoms with Crippen molar-refractivity contribution in [3.63, 3.8) is 0 Å². The van der Waals surface area contributed by atoms with Crippen molar-refractivity contribution in [1.29, 1.82) is 0 Å². The molecule has 0 unspecified atom stereocenters. The van der Waals surface area contributed by atoms with Gasteiger partial charge in [-0.3, -0.25) is 19.5 Å². The van der Waals surface area contributed by atoms with Gasteiger partial charge >= 0.3 is 0 Å². The number of hydrogen-bond acceptors (Lipinski definition) is 5. The van der Waals surface area contributed by atoms with Gasteiger partial charge in [0.15, 0.2) is 0 Å². The van der Waals surface area contributed by atoms with Crippen LogP contribution >= 0.6 is 0 Å². The monoisotopic (exact) mass is 559 g/mol. The highest BCUT2D eigenvalue weighted by molar-refractivity contribution is 6.37. The Hall–Kier alpha value is -4.75. The third kappa shape index (κ3) is 6.42. The van der Waals surface area contributed by atoms with Gasteiger partial charge in [-0.15, -0.1) is 0 Å². The maximum absolute atomic E-state index is 13.4. The van der Waals surface area contributed by atoms with Gasteiger partial charge in [0.2, 0.25) is 0 Å². The van der Waals surface area contributed by atoms with Crippen LogP contribution < -0.4 is 16.0 Å². The second-order valence-corrected chi connectivity index (χ2v) is 10.3. The van der Waals surface area contributed by atoms with Crippen LogP contribution in [-0.2, 0) is 11.3 Å². The Morgan fingerprint density at radius 2 is 1.60 bits per heavy atom. The molecule has 2 heterocycles. The van der Waals surface area contributed by atoms with E-state index in [1.807, 2.05) is 61.5 Å². The van der Waals surface area contributed by atoms with Crippen molar-refractivity contribution in [2.45, 2.75) is 39.8 Å². The van der Waals surface area contributed by atoms with Gasteiger partial charge in [0, 0.05) is 47.0 Å². The number of nitrogens with one attached hydrogen (secondary N) is 3. The standard InChI is InChI=1S/C35H37N5O2/c1-4-30(25-10-8-7-9-11-25)38-34(41)27-14-17-31-29(22-27)32(35(42)39-31)33(26-18-20-36-21-19-26)37-28-15-12-24(13-16-28)23-40(5-2)6-3/h7-22,30,37H,4-6,23H2,1-3H3,(H,38,41)(H,39,42)/b33-32-/t30-/m1/s1. The Labute approximate surface area is 247 Å². The van der Waals surface area contributed by atoms with Gasteiger partial charge in [-0.1, -0.05) is 63.2 Å². The molecule has 1 aliphatic rings. The van der Waals surface area contributed by atoms with Crippen LogP contribution in [0.2, 0.25) is 0 Å². The number of amides is 2. The summed E-state index contributed by atoms with van der Waals surface area (Å²) in [5.41, 5.74) is 6.93. The fourth-order valence-corrected chi connectivity index (χ4v) is 5.25. The Bertz CT molecular complexity index is 1560. The summed E-state index contributed by atoms with van der Waals surface area (Å²) >= 11 is 0. The molecular weight excluding hydrogens is 522 g/mol. The van der Waals surface area contributed by atoms with Gasteiger partial charge in [0.05, 0.1) is 17.3 Å². The molecule has 214 valence electrons. The van der Waals surface area contributed by atoms with E-state index in [-0.39, 0.29) is 17.9 Å². The van der Waals surface area contributed by atoms with Crippen molar-refractivity contribution < 1.29 is 9.59 Å². The minimum absolute atomic E-state index is 0.111. The minimum Gasteiger partial charge on any atom is -0.354 e. The predicted molar refractivity (Wildman–Crippen MR) is 170 cm³/mol. The third-order valence-corrected chi connectivity index (χ3v) is 7.68. The van der Waals surface area contributed by atoms with E-state index < -0.39 is 0 Å². The molecule has 3 aromatic carbocycles. The van der Waals surface area contributed by atoms with Gasteiger partial charge in [-0.05, 0) is 73.1 Å². The van der Waals surface area contributed by atoms with Crippen LogP contribution in [0.5, 0.6) is 0 Å². The van der Waals surface area contributed by atoms with E-state index in [1.54, 1.807) is 30.6 Å². The lowest BCUT2D eigenvalue weighted by Crippen LogP contribution is -2.28. The Balaban J connectivity index is 1.49. The highest BCUT2D eigenvalue weighted by Crippen LogP contribution is 2.38. The van der Waals surface area contributed by atoms with Crippen molar-refractivity contribution in [2.24, 2.45) is 0 Å². The molecule has 0 aliphatic carbocycles. The lowest BCUT2D eigenvalue weighted by Gasteiger charge is -2.19. The number of fused-ring (bicyclic) bond motifs is 1. The number of anilines is 2. The maximum Gasteiger partial charge on any atom is 0.258 e. The maximum atomic E-state index is 13.4. The number of rotatable bonds is 11. The van der Waals surface area contributed by atoms with E-state index in [0.29, 0.717) is 28.1 Å². The van der Waals surface area contributed by atoms with Crippen molar-refractivity contribution in [3.05, 3.63) is 125 Å². The molecule has 1 atom stereocenters. The van der Waals surface area contributed by atoms with E-state index in [4.69, 9.17) is 0 Å². The van der Waals surface area contributed by atoms with Crippen LogP contribution in [0, 0.1) is 0 Å². The first kappa shape index (κ1) is 28.8. The molecule has 4 aromatic rings. The van der Waals surface area contributed by atoms with Gasteiger partial charge in [0.25, 0.3) is 11.8 Å². The average molecular weight is 560 g/mol. The smallest absolute Gasteiger partial charge is 0.258 e. The largest absolute Gasteiger partial charge is 0.354 e. The molecule has 3 N–H and O–H groups in total. The van der Waals surface area contributed by atoms with E-state index >= 15 is 0 Å². The van der Waals surface area contributed by atoms with Crippen LogP contribution in [0.3, 0.4) is 0 Å². The number of benzene rings is 3. The van der Waals surface area contributed by atoms with Gasteiger partial charge in [-0.2, -0.15) is 0 Å². The van der Waals surface area contributed by atoms with Crippen LogP contribution in [-0.4, -0.2) is 34.8 Å². The molecule has 0 saturated carbocycles. The number of nitrogens with zero attached hydrogens (tertiary/aromatic N) is 2. The summed E-state index contributed by atoms with van der Waals surface area (Å²) in [4.78, 5) is 33.4. The van der Waals surface area contributed by atoms with E-state index in [9.17, 15) is 9.59 Å². The van der Waals surface area contributed by atoms with Crippen LogP contribution in [0.15, 0.2) is 97.3 Å². The zero-order valence-electron chi connectivity index (χ0n) is 24.4. The minimum atomic E-state index is -0.226. The quantitative estimate of drug-likeness (QED) is 0.177. The van der Waals surface area contributed by atoms with E-state index in [0.717, 1.165) is 42.9 Å². The molecule has 0 spiro atoms. The molecule has 0 fully saturated rings. The Morgan fingerprint density at radius 3 is 2.26 bits per heavy atom. The lowest BCUT2D eigenvalue weighted by atomic mass is 9.98. The summed E-state index contributed by atoms with van der Waals surface area (Å²) in [6.45, 7) is 9.25. The first-order valence-corrected chi connectivity index (χ1v) is 14.5. The van der Waals surface area contributed by atoms with E-state index in [2.05, 4.69) is 51.8 Å². The summed E-state index contributed by atoms with van der Waals surface area (Å²) in [7, 11) is 0. The van der Waals surface area contributed by atoms with Gasteiger partial charge in [-0.25, -0.2) is 0 Å². The second-order valence-electron chi connectivity index (χ2n) is 10.3. The first-order chi connectivity index (χ1) is 20.5. The first-order valence-electron chi connectivity index (χ1n) is 14.5. The number of carbonyl (C=O) groups is 2. The van der Waals surface area contributed by atoms with Crippen molar-refractivity contribution in [2.75, 3.05) is 23.7 Å². The predicted octanol–water partition coefficient (Wildman–Crippen LogP) is 6.74. The normalized spacial score (nSPS) is 14.2. The lowest BCUT2D eigenvalue weighted by molar-refractivity contribution is -0.110. The molecule has 0 saturated heterocycles. The van der Waals surface area contributed by atoms with Crippen molar-refractivity contribution >= 4 is 34.5 Å². The van der Waals surface area contributed by atoms with Gasteiger partial charge < -0.3 is 16.0 Å². The zero-order valence-corrected chi connectivity index (χ0v) is 24.4. The summed E-state index contributed by atoms with van der Waals surface area (Å²) in [6, 6.07) is 27.2. The average Bonchev–Trinajstić information content (AvgIpc) is 3.37. The Morgan fingerprint density at radius 1 is 0.881 bits per heavy atom. The van der Waals surface area contributed by atoms with Crippen molar-refractivity contribution in [3.8, 4) is 0 Å². The summed E-state index contributed by atoms with van der Waals surface area (Å²) in [5, 5.41) is 9.64. The van der Waals surface area contributed by atoms with Crippen LogP contribution in [0.1, 0.15) is 65.8 Å². The molecule has 42 heavy (non-hydrogen) atoms. The Kier molecular flexibility index (Phi) is 9.09. The number of aromatic nitrogens is 1. The molecule has 0 bridgehead atoms. The molecule has 7 nitrogen and oxygen atoms in total. The zero-order chi connectivity index (χ0) is 29.5. The second kappa shape index (κ2) is 13.3. The fraction of sp³-hybridized carbons (Fsp3) is 0.229. The highest BCUT2D eigenvalue weighted by Gasteiger charge is 2.30. The molecule has 2 amide bonds. The summed E-state index contributed by atoms with van der Waals surface area (Å²) in [6.07, 6.45) is 4.17. The highest BCUT2D eigenvalue weighted by atomic mass is 16.2. The number of carbonyl (C=O) groups excluding carboxylic acids is 2. The molecular formula is C35H37N5O2. The SMILES string of the molecule is CC[C@@H](NC(=O)c1ccc2c(c1)/C(=C(/Nc1ccc(CN(CC)CC)cc1)c1ccncc1)C(=O)N2)c1ccccc1. The van der Waals surface area contributed by atoms with Gasteiger partial charge in [0.1, 0.15) is 0 Å². The molecule has 1 aliphatic heterocycles. The third-order valence-electron chi connectivity index (χ3n) is 7.68. The summed E-state index contributed by atoms with van der Waals surface area (Å²) < 4.78 is 0. The van der Waals surface area contributed by atoms with Crippen molar-refractivity contribution in [1.82, 2.24) is 15.2 Å². The summed E-state index contributed by atoms with van der Waals surface area (Å²) in [5.74, 6) is -0.412. The topological polar surface area (TPSA) is 86.4 Å².